The molecule has 1 aromatic carbocycles. The number of rotatable bonds is 4. The van der Waals surface area contributed by atoms with Crippen molar-refractivity contribution in [2.24, 2.45) is 11.8 Å². The van der Waals surface area contributed by atoms with Gasteiger partial charge in [0.25, 0.3) is 0 Å². The number of piperidine rings is 1. The van der Waals surface area contributed by atoms with Crippen LogP contribution in [0.3, 0.4) is 0 Å². The van der Waals surface area contributed by atoms with Gasteiger partial charge < -0.3 is 0 Å². The molecule has 1 aliphatic carbocycles. The number of carbonyl (C=O) groups is 2. The smallest absolute Gasteiger partial charge is 0.230 e. The summed E-state index contributed by atoms with van der Waals surface area (Å²) in [7, 11) is 0. The molecule has 1 saturated carbocycles. The van der Waals surface area contributed by atoms with Gasteiger partial charge in [-0.25, -0.2) is 0 Å². The van der Waals surface area contributed by atoms with Crippen molar-refractivity contribution in [2.45, 2.75) is 51.4 Å². The highest BCUT2D eigenvalue weighted by molar-refractivity contribution is 5.99. The minimum Gasteiger partial charge on any atom is -0.296 e. The molecule has 2 atom stereocenters. The first-order valence-electron chi connectivity index (χ1n) is 7.98. The van der Waals surface area contributed by atoms with Crippen LogP contribution in [0.25, 0.3) is 0 Å². The molecule has 3 heteroatoms. The Morgan fingerprint density at radius 1 is 1.10 bits per heavy atom. The molecule has 3 rings (SSSR count). The summed E-state index contributed by atoms with van der Waals surface area (Å²) in [4.78, 5) is 23.9. The summed E-state index contributed by atoms with van der Waals surface area (Å²) in [5.41, 5.74) is 2.53. The highest BCUT2D eigenvalue weighted by atomic mass is 16.2. The van der Waals surface area contributed by atoms with Crippen LogP contribution in [-0.2, 0) is 9.59 Å². The Morgan fingerprint density at radius 2 is 1.71 bits per heavy atom. The normalized spacial score (nSPS) is 26.0. The molecule has 2 unspecified atom stereocenters. The summed E-state index contributed by atoms with van der Waals surface area (Å²) in [5, 5.41) is 2.50. The number of hydrogen-bond acceptors (Lipinski definition) is 2. The maximum absolute atomic E-state index is 12.2. The van der Waals surface area contributed by atoms with Crippen molar-refractivity contribution < 1.29 is 9.59 Å². The van der Waals surface area contributed by atoms with E-state index >= 15 is 0 Å². The van der Waals surface area contributed by atoms with E-state index in [2.05, 4.69) is 43.4 Å². The first-order valence-corrected chi connectivity index (χ1v) is 7.98. The largest absolute Gasteiger partial charge is 0.296 e. The summed E-state index contributed by atoms with van der Waals surface area (Å²) in [6.45, 7) is 4.24. The van der Waals surface area contributed by atoms with Crippen molar-refractivity contribution in [3.05, 3.63) is 35.4 Å². The monoisotopic (exact) mass is 285 g/mol. The topological polar surface area (TPSA) is 46.2 Å². The zero-order valence-electron chi connectivity index (χ0n) is 12.8. The molecule has 112 valence electrons. The number of hydrogen-bond donors (Lipinski definition) is 1. The highest BCUT2D eigenvalue weighted by Gasteiger charge is 2.37. The Hall–Kier alpha value is -1.64. The van der Waals surface area contributed by atoms with Crippen LogP contribution in [0, 0.1) is 11.8 Å². The van der Waals surface area contributed by atoms with E-state index in [0.717, 1.165) is 17.9 Å². The molecule has 21 heavy (non-hydrogen) atoms. The number of nitrogens with one attached hydrogen (secondary N) is 1. The molecule has 2 fully saturated rings. The average Bonchev–Trinajstić information content (AvgIpc) is 3.26. The zero-order valence-corrected chi connectivity index (χ0v) is 12.8. The number of benzene rings is 1. The van der Waals surface area contributed by atoms with E-state index < -0.39 is 0 Å². The quantitative estimate of drug-likeness (QED) is 0.862. The molecule has 0 aromatic heterocycles. The third kappa shape index (κ3) is 3.17. The fourth-order valence-electron chi connectivity index (χ4n) is 3.37. The van der Waals surface area contributed by atoms with Crippen molar-refractivity contribution in [3.8, 4) is 0 Å². The van der Waals surface area contributed by atoms with Gasteiger partial charge in [0, 0.05) is 18.3 Å². The fraction of sp³-hybridized carbons (Fsp3) is 0.556. The average molecular weight is 285 g/mol. The van der Waals surface area contributed by atoms with Crippen molar-refractivity contribution in [1.82, 2.24) is 5.32 Å². The van der Waals surface area contributed by atoms with Crippen LogP contribution in [0.2, 0.25) is 0 Å². The Bertz CT molecular complexity index is 543. The van der Waals surface area contributed by atoms with Gasteiger partial charge in [-0.15, -0.1) is 0 Å². The Morgan fingerprint density at radius 3 is 2.29 bits per heavy atom. The molecule has 3 nitrogen and oxygen atoms in total. The maximum Gasteiger partial charge on any atom is 0.230 e. The molecule has 1 heterocycles. The van der Waals surface area contributed by atoms with Crippen LogP contribution in [0.4, 0.5) is 0 Å². The van der Waals surface area contributed by atoms with Gasteiger partial charge >= 0.3 is 0 Å². The molecule has 0 bridgehead atoms. The third-order valence-corrected chi connectivity index (χ3v) is 4.63. The second kappa shape index (κ2) is 5.63. The molecule has 2 aliphatic rings. The molecule has 1 aromatic rings. The molecule has 0 spiro atoms. The number of amides is 2. The van der Waals surface area contributed by atoms with E-state index in [1.54, 1.807) is 0 Å². The molecule has 0 radical (unpaired) electrons. The summed E-state index contributed by atoms with van der Waals surface area (Å²) in [6.07, 6.45) is 3.83. The van der Waals surface area contributed by atoms with Crippen LogP contribution >= 0.6 is 0 Å². The van der Waals surface area contributed by atoms with E-state index in [1.807, 2.05) is 0 Å². The van der Waals surface area contributed by atoms with Crippen LogP contribution < -0.4 is 5.32 Å². The predicted octanol–water partition coefficient (Wildman–Crippen LogP) is 3.36. The standard InChI is InChI=1S/C18H23NO2/c1-11(2)9-16-15(10-17(20)19-18(16)21)14-7-5-13(6-8-14)12-3-4-12/h5-8,11-12,15-16H,3-4,9-10H2,1-2H3,(H,19,20,21). The number of imide groups is 1. The Balaban J connectivity index is 1.84. The molecule has 1 saturated heterocycles. The molecular weight excluding hydrogens is 262 g/mol. The van der Waals surface area contributed by atoms with E-state index in [-0.39, 0.29) is 23.7 Å². The van der Waals surface area contributed by atoms with Gasteiger partial charge in [0.2, 0.25) is 11.8 Å². The van der Waals surface area contributed by atoms with Crippen LogP contribution in [0.1, 0.15) is 62.5 Å². The van der Waals surface area contributed by atoms with E-state index in [1.165, 1.54) is 18.4 Å². The van der Waals surface area contributed by atoms with E-state index in [9.17, 15) is 9.59 Å². The molecule has 1 aliphatic heterocycles. The Labute approximate surface area is 126 Å². The first-order chi connectivity index (χ1) is 10.0. The zero-order chi connectivity index (χ0) is 15.0. The van der Waals surface area contributed by atoms with Gasteiger partial charge in [0.1, 0.15) is 0 Å². The van der Waals surface area contributed by atoms with E-state index in [4.69, 9.17) is 0 Å². The molecular formula is C18H23NO2. The predicted molar refractivity (Wildman–Crippen MR) is 81.9 cm³/mol. The molecule has 2 amide bonds. The SMILES string of the molecule is CC(C)CC1C(=O)NC(=O)CC1c1ccc(C2CC2)cc1. The van der Waals surface area contributed by atoms with Gasteiger partial charge in [-0.3, -0.25) is 14.9 Å². The van der Waals surface area contributed by atoms with Gasteiger partial charge in [0.15, 0.2) is 0 Å². The lowest BCUT2D eigenvalue weighted by atomic mass is 9.76. The van der Waals surface area contributed by atoms with Crippen molar-refractivity contribution in [3.63, 3.8) is 0 Å². The minimum absolute atomic E-state index is 0.0295. The summed E-state index contributed by atoms with van der Waals surface area (Å²) >= 11 is 0. The highest BCUT2D eigenvalue weighted by Crippen LogP contribution is 2.41. The lowest BCUT2D eigenvalue weighted by molar-refractivity contribution is -0.137. The second-order valence-electron chi connectivity index (χ2n) is 6.90. The summed E-state index contributed by atoms with van der Waals surface area (Å²) < 4.78 is 0. The van der Waals surface area contributed by atoms with Gasteiger partial charge in [-0.2, -0.15) is 0 Å². The molecule has 1 N–H and O–H groups in total. The van der Waals surface area contributed by atoms with Crippen molar-refractivity contribution >= 4 is 11.8 Å². The lowest BCUT2D eigenvalue weighted by Gasteiger charge is -2.31. The van der Waals surface area contributed by atoms with Crippen molar-refractivity contribution in [1.29, 1.82) is 0 Å². The van der Waals surface area contributed by atoms with Crippen LogP contribution in [-0.4, -0.2) is 11.8 Å². The van der Waals surface area contributed by atoms with Gasteiger partial charge in [-0.05, 0) is 42.2 Å². The van der Waals surface area contributed by atoms with Gasteiger partial charge in [-0.1, -0.05) is 38.1 Å². The fourth-order valence-corrected chi connectivity index (χ4v) is 3.37. The second-order valence-corrected chi connectivity index (χ2v) is 6.90. The maximum atomic E-state index is 12.2. The van der Waals surface area contributed by atoms with Crippen LogP contribution in [0.5, 0.6) is 0 Å². The summed E-state index contributed by atoms with van der Waals surface area (Å²) in [5.74, 6) is 0.882. The van der Waals surface area contributed by atoms with Gasteiger partial charge in [0.05, 0.1) is 0 Å². The summed E-state index contributed by atoms with van der Waals surface area (Å²) in [6, 6.07) is 8.60. The first kappa shape index (κ1) is 14.3. The van der Waals surface area contributed by atoms with E-state index in [0.29, 0.717) is 12.3 Å². The minimum atomic E-state index is -0.142. The van der Waals surface area contributed by atoms with Crippen molar-refractivity contribution in [2.75, 3.05) is 0 Å². The van der Waals surface area contributed by atoms with Crippen LogP contribution in [0.15, 0.2) is 24.3 Å². The number of carbonyl (C=O) groups excluding carboxylic acids is 2. The lowest BCUT2D eigenvalue weighted by Crippen LogP contribution is -2.45. The third-order valence-electron chi connectivity index (χ3n) is 4.63. The Kier molecular flexibility index (Phi) is 3.83.